The number of hydrogen-bond acceptors (Lipinski definition) is 2. The van der Waals surface area contributed by atoms with Gasteiger partial charge in [0.2, 0.25) is 0 Å². The van der Waals surface area contributed by atoms with Crippen LogP contribution in [0.25, 0.3) is 0 Å². The zero-order valence-electron chi connectivity index (χ0n) is 14.7. The molecule has 2 aromatic rings. The van der Waals surface area contributed by atoms with Gasteiger partial charge in [0, 0.05) is 30.7 Å². The lowest BCUT2D eigenvalue weighted by molar-refractivity contribution is -0.695. The van der Waals surface area contributed by atoms with Gasteiger partial charge >= 0.3 is 6.09 Å². The van der Waals surface area contributed by atoms with Crippen molar-refractivity contribution in [3.8, 4) is 0 Å². The molecule has 1 heterocycles. The summed E-state index contributed by atoms with van der Waals surface area (Å²) in [6.07, 6.45) is 2.30. The Morgan fingerprint density at radius 1 is 1.16 bits per heavy atom. The number of carbonyl (C=O) groups is 1. The van der Waals surface area contributed by atoms with Crippen LogP contribution in [0.5, 0.6) is 0 Å². The highest BCUT2D eigenvalue weighted by Crippen LogP contribution is 2.22. The van der Waals surface area contributed by atoms with E-state index in [4.69, 9.17) is 27.9 Å². The van der Waals surface area contributed by atoms with E-state index < -0.39 is 11.7 Å². The van der Waals surface area contributed by atoms with Crippen LogP contribution in [0, 0.1) is 0 Å². The average Bonchev–Trinajstić information content (AvgIpc) is 2.51. The summed E-state index contributed by atoms with van der Waals surface area (Å²) in [5.41, 5.74) is 1.67. The molecule has 0 radical (unpaired) electrons. The van der Waals surface area contributed by atoms with Crippen LogP contribution in [0.3, 0.4) is 0 Å². The van der Waals surface area contributed by atoms with Crippen molar-refractivity contribution >= 4 is 29.3 Å². The monoisotopic (exact) mass is 381 g/mol. The lowest BCUT2D eigenvalue weighted by Gasteiger charge is -2.19. The van der Waals surface area contributed by atoms with Gasteiger partial charge in [0.25, 0.3) is 0 Å². The third kappa shape index (κ3) is 6.56. The number of nitrogens with one attached hydrogen (secondary N) is 1. The van der Waals surface area contributed by atoms with E-state index in [1.165, 1.54) is 0 Å². The Labute approximate surface area is 158 Å². The number of ether oxygens (including phenoxy) is 1. The third-order valence-electron chi connectivity index (χ3n) is 3.42. The first-order valence-corrected chi connectivity index (χ1v) is 8.88. The van der Waals surface area contributed by atoms with Crippen molar-refractivity contribution < 1.29 is 14.1 Å². The Kier molecular flexibility index (Phi) is 6.68. The van der Waals surface area contributed by atoms with Crippen LogP contribution in [0.4, 0.5) is 4.79 Å². The number of carbonyl (C=O) groups excluding carboxylic acids is 1. The highest BCUT2D eigenvalue weighted by Gasteiger charge is 2.16. The fraction of sp³-hybridized carbons (Fsp3) is 0.368. The van der Waals surface area contributed by atoms with Crippen LogP contribution in [0.2, 0.25) is 10.0 Å². The quantitative estimate of drug-likeness (QED) is 0.779. The SMILES string of the molecule is CC(C)(C)OC(=O)NCCc1cccc[n+]1Cc1ccc(Cl)c(Cl)c1. The second-order valence-electron chi connectivity index (χ2n) is 6.75. The number of hydrogen-bond donors (Lipinski definition) is 1. The van der Waals surface area contributed by atoms with Crippen LogP contribution in [-0.4, -0.2) is 18.2 Å². The molecule has 0 spiro atoms. The number of aromatic nitrogens is 1. The minimum Gasteiger partial charge on any atom is -0.444 e. The summed E-state index contributed by atoms with van der Waals surface area (Å²) in [7, 11) is 0. The lowest BCUT2D eigenvalue weighted by Crippen LogP contribution is -2.40. The fourth-order valence-corrected chi connectivity index (χ4v) is 2.66. The third-order valence-corrected chi connectivity index (χ3v) is 4.16. The first-order valence-electron chi connectivity index (χ1n) is 8.13. The van der Waals surface area contributed by atoms with Crippen molar-refractivity contribution in [3.05, 3.63) is 63.9 Å². The van der Waals surface area contributed by atoms with Gasteiger partial charge in [-0.15, -0.1) is 0 Å². The first kappa shape index (κ1) is 19.5. The number of amides is 1. The van der Waals surface area contributed by atoms with Crippen LogP contribution in [0.15, 0.2) is 42.6 Å². The van der Waals surface area contributed by atoms with Gasteiger partial charge in [0.05, 0.1) is 10.0 Å². The maximum absolute atomic E-state index is 11.7. The molecule has 1 N–H and O–H groups in total. The Balaban J connectivity index is 1.98. The summed E-state index contributed by atoms with van der Waals surface area (Å²) in [5, 5.41) is 3.87. The number of benzene rings is 1. The molecular formula is C19H23Cl2N2O2+. The highest BCUT2D eigenvalue weighted by atomic mass is 35.5. The van der Waals surface area contributed by atoms with Gasteiger partial charge in [0.1, 0.15) is 5.60 Å². The van der Waals surface area contributed by atoms with Gasteiger partial charge in [-0.25, -0.2) is 4.79 Å². The van der Waals surface area contributed by atoms with Gasteiger partial charge in [0.15, 0.2) is 18.4 Å². The molecular weight excluding hydrogens is 359 g/mol. The molecule has 0 aliphatic carbocycles. The van der Waals surface area contributed by atoms with Gasteiger partial charge in [-0.1, -0.05) is 35.3 Å². The number of nitrogens with zero attached hydrogens (tertiary/aromatic N) is 1. The summed E-state index contributed by atoms with van der Waals surface area (Å²) >= 11 is 12.1. The van der Waals surface area contributed by atoms with Gasteiger partial charge < -0.3 is 10.1 Å². The number of alkyl carbamates (subject to hydrolysis) is 1. The molecule has 0 saturated carbocycles. The molecule has 0 fully saturated rings. The van der Waals surface area contributed by atoms with Crippen molar-refractivity contribution in [3.63, 3.8) is 0 Å². The summed E-state index contributed by atoms with van der Waals surface area (Å²) < 4.78 is 7.36. The molecule has 134 valence electrons. The minimum atomic E-state index is -0.495. The molecule has 0 atom stereocenters. The molecule has 0 unspecified atom stereocenters. The molecule has 25 heavy (non-hydrogen) atoms. The highest BCUT2D eigenvalue weighted by molar-refractivity contribution is 6.42. The number of halogens is 2. The number of pyridine rings is 1. The zero-order valence-corrected chi connectivity index (χ0v) is 16.2. The fourth-order valence-electron chi connectivity index (χ4n) is 2.33. The standard InChI is InChI=1S/C19H22Cl2N2O2/c1-19(2,3)25-18(24)22-10-9-15-6-4-5-11-23(15)13-14-7-8-16(20)17(21)12-14/h4-8,11-12H,9-10,13H2,1-3H3/p+1. The van der Waals surface area contributed by atoms with Crippen LogP contribution < -0.4 is 9.88 Å². The zero-order chi connectivity index (χ0) is 18.4. The second-order valence-corrected chi connectivity index (χ2v) is 7.56. The van der Waals surface area contributed by atoms with Crippen LogP contribution in [-0.2, 0) is 17.7 Å². The molecule has 0 aliphatic rings. The summed E-state index contributed by atoms with van der Waals surface area (Å²) in [5.74, 6) is 0. The summed E-state index contributed by atoms with van der Waals surface area (Å²) in [6.45, 7) is 6.71. The molecule has 1 amide bonds. The molecule has 6 heteroatoms. The summed E-state index contributed by atoms with van der Waals surface area (Å²) in [4.78, 5) is 11.7. The second kappa shape index (κ2) is 8.54. The van der Waals surface area contributed by atoms with E-state index in [0.29, 0.717) is 29.6 Å². The summed E-state index contributed by atoms with van der Waals surface area (Å²) in [6, 6.07) is 11.6. The molecule has 1 aromatic carbocycles. The van der Waals surface area contributed by atoms with Crippen molar-refractivity contribution in [1.29, 1.82) is 0 Å². The van der Waals surface area contributed by atoms with E-state index in [1.807, 2.05) is 57.3 Å². The maximum atomic E-state index is 11.7. The topological polar surface area (TPSA) is 42.2 Å². The van der Waals surface area contributed by atoms with Crippen LogP contribution >= 0.6 is 23.2 Å². The van der Waals surface area contributed by atoms with E-state index in [1.54, 1.807) is 6.07 Å². The average molecular weight is 382 g/mol. The van der Waals surface area contributed by atoms with Crippen molar-refractivity contribution in [1.82, 2.24) is 5.32 Å². The predicted octanol–water partition coefficient (Wildman–Crippen LogP) is 4.40. The molecule has 2 rings (SSSR count). The van der Waals surface area contributed by atoms with E-state index in [0.717, 1.165) is 11.3 Å². The Hall–Kier alpha value is -1.78. The normalized spacial score (nSPS) is 11.2. The van der Waals surface area contributed by atoms with Crippen LogP contribution in [0.1, 0.15) is 32.0 Å². The Morgan fingerprint density at radius 2 is 1.92 bits per heavy atom. The smallest absolute Gasteiger partial charge is 0.407 e. The van der Waals surface area contributed by atoms with Crippen molar-refractivity contribution in [2.75, 3.05) is 6.54 Å². The number of rotatable bonds is 5. The molecule has 0 bridgehead atoms. The first-order chi connectivity index (χ1) is 11.7. The molecule has 4 nitrogen and oxygen atoms in total. The maximum Gasteiger partial charge on any atom is 0.407 e. The largest absolute Gasteiger partial charge is 0.444 e. The van der Waals surface area contributed by atoms with E-state index in [-0.39, 0.29) is 0 Å². The minimum absolute atomic E-state index is 0.403. The van der Waals surface area contributed by atoms with Gasteiger partial charge in [-0.3, -0.25) is 0 Å². The predicted molar refractivity (Wildman–Crippen MR) is 100 cm³/mol. The lowest BCUT2D eigenvalue weighted by atomic mass is 10.2. The van der Waals surface area contributed by atoms with Gasteiger partial charge in [-0.05, 0) is 32.9 Å². The van der Waals surface area contributed by atoms with E-state index in [9.17, 15) is 4.79 Å². The molecule has 0 aliphatic heterocycles. The molecule has 1 aromatic heterocycles. The van der Waals surface area contributed by atoms with E-state index in [2.05, 4.69) is 9.88 Å². The molecule has 0 saturated heterocycles. The van der Waals surface area contributed by atoms with E-state index >= 15 is 0 Å². The van der Waals surface area contributed by atoms with Gasteiger partial charge in [-0.2, -0.15) is 4.57 Å². The Bertz CT molecular complexity index is 742. The van der Waals surface area contributed by atoms with Crippen molar-refractivity contribution in [2.45, 2.75) is 39.3 Å². The Morgan fingerprint density at radius 3 is 2.60 bits per heavy atom. The van der Waals surface area contributed by atoms with Crippen molar-refractivity contribution in [2.24, 2.45) is 0 Å².